The highest BCUT2D eigenvalue weighted by Crippen LogP contribution is 2.63. The van der Waals surface area contributed by atoms with Crippen LogP contribution in [0.5, 0.6) is 17.2 Å². The van der Waals surface area contributed by atoms with E-state index in [-0.39, 0.29) is 141 Å². The average molecular weight is 1940 g/mol. The Bertz CT molecular complexity index is 4210. The molecule has 17 nitrogen and oxygen atoms in total. The minimum Gasteiger partial charge on any atom is -0.508 e. The molecule has 782 valence electrons. The fourth-order valence-electron chi connectivity index (χ4n) is 18.2. The van der Waals surface area contributed by atoms with Crippen LogP contribution >= 0.6 is 0 Å². The number of phenolic OH excluding ortho intramolecular Hbond substituents is 1. The molecule has 13 unspecified atom stereocenters. The van der Waals surface area contributed by atoms with Crippen LogP contribution in [-0.2, 0) is 58.5 Å². The molecule has 10 aliphatic rings. The molecule has 15 rings (SSSR count). The summed E-state index contributed by atoms with van der Waals surface area (Å²) in [6.45, 7) is 36.3. The van der Waals surface area contributed by atoms with E-state index in [1.807, 2.05) is 58.9 Å². The number of ketones is 1. The third kappa shape index (κ3) is 35.6. The molecule has 3 aliphatic heterocycles. The molecule has 23 heteroatoms. The van der Waals surface area contributed by atoms with Crippen molar-refractivity contribution in [2.75, 3.05) is 24.7 Å². The van der Waals surface area contributed by atoms with Gasteiger partial charge in [-0.15, -0.1) is 0 Å². The van der Waals surface area contributed by atoms with Crippen LogP contribution in [0.15, 0.2) is 97.1 Å². The molecule has 3 heterocycles. The number of carbonyl (C=O) groups excluding carboxylic acids is 5. The Balaban J connectivity index is -0.000000489. The largest absolute Gasteiger partial charge is 0.508 e. The highest BCUT2D eigenvalue weighted by atomic mass is 32.2. The molecule has 0 aromatic heterocycles. The van der Waals surface area contributed by atoms with Crippen LogP contribution in [0.25, 0.3) is 0 Å². The Morgan fingerprint density at radius 3 is 1.40 bits per heavy atom. The van der Waals surface area contributed by atoms with Gasteiger partial charge in [0.25, 0.3) is 0 Å². The lowest BCUT2D eigenvalue weighted by Crippen LogP contribution is -2.67. The summed E-state index contributed by atoms with van der Waals surface area (Å²) in [5.74, 6) is -3.94. The molecule has 0 spiro atoms. The number of benzene rings is 5. The predicted octanol–water partition coefficient (Wildman–Crippen LogP) is 30.7. The Labute approximate surface area is 825 Å². The van der Waals surface area contributed by atoms with E-state index in [4.69, 9.17) is 43.0 Å². The van der Waals surface area contributed by atoms with Crippen LogP contribution in [-0.4, -0.2) is 122 Å². The van der Waals surface area contributed by atoms with Gasteiger partial charge in [0.05, 0.1) is 40.8 Å². The van der Waals surface area contributed by atoms with Crippen molar-refractivity contribution < 1.29 is 99.1 Å². The number of hydrogen-bond donors (Lipinski definition) is 3. The number of fused-ring (bicyclic) bond motifs is 1. The lowest BCUT2D eigenvalue weighted by molar-refractivity contribution is -0.264. The van der Waals surface area contributed by atoms with Gasteiger partial charge in [-0.1, -0.05) is 238 Å². The van der Waals surface area contributed by atoms with Gasteiger partial charge in [-0.05, 0) is 253 Å². The summed E-state index contributed by atoms with van der Waals surface area (Å²) in [5, 5.41) is 39.7. The van der Waals surface area contributed by atoms with E-state index < -0.39 is 104 Å². The highest BCUT2D eigenvalue weighted by molar-refractivity contribution is 7.99. The minimum atomic E-state index is -2.13. The third-order valence-electron chi connectivity index (χ3n) is 27.4. The monoisotopic (exact) mass is 1940 g/mol. The van der Waals surface area contributed by atoms with Gasteiger partial charge in [0.15, 0.2) is 52.6 Å². The zero-order valence-corrected chi connectivity index (χ0v) is 77.7. The smallest absolute Gasteiger partial charge is 0.344 e. The van der Waals surface area contributed by atoms with E-state index in [9.17, 15) is 61.4 Å². The maximum Gasteiger partial charge on any atom is 0.344 e. The quantitative estimate of drug-likeness (QED) is 0.00719. The molecule has 0 amide bonds. The first-order valence-electron chi connectivity index (χ1n) is 45.6. The third-order valence-corrected chi connectivity index (χ3v) is 30.6. The van der Waals surface area contributed by atoms with E-state index in [0.717, 1.165) is 82.0 Å². The number of rotatable bonds is 25. The fraction of sp³-hybridized carbons (Fsp3) is 0.681. The normalized spacial score (nSPS) is 23.5. The first-order valence-corrected chi connectivity index (χ1v) is 47.1. The van der Waals surface area contributed by atoms with Gasteiger partial charge >= 0.3 is 23.9 Å². The fourth-order valence-corrected chi connectivity index (χ4v) is 21.0. The molecule has 6 bridgehead atoms. The van der Waals surface area contributed by atoms with E-state index >= 15 is 0 Å². The lowest BCUT2D eigenvalue weighted by Gasteiger charge is -2.62. The number of nitrogens with zero attached hydrogens (tertiary/aromatic N) is 1. The second-order valence-electron chi connectivity index (χ2n) is 38.0. The Kier molecular flexibility index (Phi) is 60.9. The number of esters is 4. The summed E-state index contributed by atoms with van der Waals surface area (Å²) in [6.07, 6.45) is 22.0. The molecule has 3 N–H and O–H groups in total. The summed E-state index contributed by atoms with van der Waals surface area (Å²) in [4.78, 5) is 61.1. The molecule has 5 aromatic rings. The number of nitriles is 1. The molecule has 7 saturated carbocycles. The standard InChI is InChI=1S/C18H28O2.C18H27OS.C17H21NO6.C16H26O4.C15H22O2.C10H14O.C7H3F5.12CH4/c1-4-14(2)16-10-12-18(13-11-16)20-15(3)19-17-8-6-5-7-9-17;1-5-14(2)15-8-10-16(11-9-15)17(19)18(3,4)20-12-6-7-13-20;1-4-16(2,3)14(20)22-7-11(19)23-12-9-5-10-13(12)24-15(21)17(10,6-9)8-18;1-4-13(2,3)12(17)20-16-7-11-5-14(18,9-16)8-15(19,6-11)10-16;1-3-12(2)13-7-9-14(10-8-13)17-15-6-4-5-11-16-15;1-3-8(2)9-4-6-10(11)7-5-9;1-2-3(8)5(10)7(12)6(11)4(2)9;;;;;;;;;;;;/h10-15,17H,4-9H2,1-3H3;8-11,14H,5-7,12-13H2,1-4H3;9-10,12-13H,4-7H2,1-3H3;11,18-19H,4-10H2,1-3H3;7-10,12,15H,3-6,11H2,1-2H3;4-8,11H,3H2,1-2H3;1H3;12*1H4/q;+1;;;;;;;;;;;;;;;;;. The van der Waals surface area contributed by atoms with Crippen molar-refractivity contribution in [1.82, 2.24) is 0 Å². The zero-order chi connectivity index (χ0) is 91.5. The molecule has 13 atom stereocenters. The molecular weight excluding hydrogens is 1750 g/mol. The Hall–Kier alpha value is -7.62. The van der Waals surface area contributed by atoms with Crippen LogP contribution in [0, 0.1) is 81.3 Å². The molecule has 0 radical (unpaired) electrons. The number of carbonyl (C=O) groups is 5. The summed E-state index contributed by atoms with van der Waals surface area (Å²) in [7, 11) is 0.267. The molecule has 5 aromatic carbocycles. The summed E-state index contributed by atoms with van der Waals surface area (Å²) < 4.78 is 106. The highest BCUT2D eigenvalue weighted by Gasteiger charge is 2.72. The van der Waals surface area contributed by atoms with Crippen molar-refractivity contribution in [3.05, 3.63) is 160 Å². The van der Waals surface area contributed by atoms with E-state index in [1.165, 1.54) is 98.0 Å². The summed E-state index contributed by atoms with van der Waals surface area (Å²) in [5.41, 5.74) is 0.862. The number of ether oxygens (including phenoxy) is 8. The van der Waals surface area contributed by atoms with Gasteiger partial charge in [-0.3, -0.25) is 19.2 Å². The van der Waals surface area contributed by atoms with Crippen molar-refractivity contribution in [2.45, 2.75) is 444 Å². The van der Waals surface area contributed by atoms with Crippen molar-refractivity contribution >= 4 is 40.6 Å². The van der Waals surface area contributed by atoms with Crippen molar-refractivity contribution in [3.8, 4) is 23.3 Å². The van der Waals surface area contributed by atoms with E-state index in [2.05, 4.69) is 136 Å². The van der Waals surface area contributed by atoms with Crippen LogP contribution in [0.2, 0.25) is 0 Å². The van der Waals surface area contributed by atoms with E-state index in [0.29, 0.717) is 79.8 Å². The summed E-state index contributed by atoms with van der Waals surface area (Å²) in [6, 6.07) is 34.7. The van der Waals surface area contributed by atoms with Gasteiger partial charge in [-0.25, -0.2) is 26.7 Å². The first-order chi connectivity index (χ1) is 58.5. The molecular formula is C113H189F5NO16S+. The predicted molar refractivity (Wildman–Crippen MR) is 554 cm³/mol. The summed E-state index contributed by atoms with van der Waals surface area (Å²) >= 11 is 0. The second-order valence-corrected chi connectivity index (χ2v) is 40.8. The second kappa shape index (κ2) is 60.5. The zero-order valence-electron chi connectivity index (χ0n) is 76.9. The maximum atomic E-state index is 12.8. The van der Waals surface area contributed by atoms with Crippen molar-refractivity contribution in [1.29, 1.82) is 5.26 Å². The van der Waals surface area contributed by atoms with Crippen molar-refractivity contribution in [3.63, 3.8) is 0 Å². The molecule has 7 aliphatic carbocycles. The van der Waals surface area contributed by atoms with Gasteiger partial charge in [0, 0.05) is 59.5 Å². The Morgan fingerprint density at radius 1 is 0.544 bits per heavy atom. The topological polar surface area (TPSA) is 244 Å². The van der Waals surface area contributed by atoms with Gasteiger partial charge in [-0.2, -0.15) is 5.26 Å². The van der Waals surface area contributed by atoms with Crippen LogP contribution in [0.4, 0.5) is 22.0 Å². The van der Waals surface area contributed by atoms with Gasteiger partial charge in [0.2, 0.25) is 11.6 Å². The van der Waals surface area contributed by atoms with E-state index in [1.54, 1.807) is 26.0 Å². The number of aliphatic hydroxyl groups is 2. The number of phenols is 1. The van der Waals surface area contributed by atoms with Gasteiger partial charge in [0.1, 0.15) is 46.6 Å². The lowest BCUT2D eigenvalue weighted by atomic mass is 9.50. The molecule has 136 heavy (non-hydrogen) atoms. The van der Waals surface area contributed by atoms with Crippen molar-refractivity contribution in [2.24, 2.45) is 34.0 Å². The number of aromatic hydroxyl groups is 1. The maximum absolute atomic E-state index is 12.8. The van der Waals surface area contributed by atoms with Gasteiger partial charge < -0.3 is 53.2 Å². The van der Waals surface area contributed by atoms with Crippen LogP contribution < -0.4 is 9.47 Å². The number of hydrogen-bond acceptors (Lipinski definition) is 17. The molecule has 10 fully saturated rings. The van der Waals surface area contributed by atoms with Crippen LogP contribution in [0.3, 0.4) is 0 Å². The SMILES string of the molecule is C.C.C.C.C.C.C.C.C.C.C.C.CCC(C)(C)C(=O)OC12CC3CC(O)(CC(O)(C3)C1)C2.CCC(C)(C)C(=O)OCC(=O)OC1C2CC3C1OC(=O)C3(C#N)C2.CCC(C)c1ccc(C(=O)C(C)(C)[S+]2CCCC2)cc1.CCC(C)c1ccc(O)cc1.CCC(C)c1ccc(OC(C)OC2CCCCC2)cc1.CCC(C)c1ccc(OC2CCCCO2)cc1.Cc1c(F)c(F)c(F)c(F)c1F. The average Bonchev–Trinajstić information content (AvgIpc) is 1.17. The first kappa shape index (κ1) is 137. The molecule has 3 saturated heterocycles. The Morgan fingerprint density at radius 2 is 0.971 bits per heavy atom. The van der Waals surface area contributed by atoms with Crippen LogP contribution in [0.1, 0.15) is 423 Å². The number of Topliss-reactive ketones (excluding diaryl/α,β-unsaturated/α-hetero) is 1. The number of halogens is 5. The minimum absolute atomic E-state index is 0.